The van der Waals surface area contributed by atoms with E-state index in [0.717, 1.165) is 10.1 Å². The molecule has 0 aliphatic carbocycles. The molecule has 1 unspecified atom stereocenters. The molecule has 0 saturated heterocycles. The molecule has 0 aliphatic rings. The fourth-order valence-electron chi connectivity index (χ4n) is 2.09. The van der Waals surface area contributed by atoms with Gasteiger partial charge in [-0.05, 0) is 12.0 Å². The minimum absolute atomic E-state index is 0.0525. The van der Waals surface area contributed by atoms with Gasteiger partial charge in [-0.2, -0.15) is 0 Å². The van der Waals surface area contributed by atoms with Crippen molar-refractivity contribution in [2.45, 2.75) is 19.8 Å². The van der Waals surface area contributed by atoms with Gasteiger partial charge in [-0.15, -0.1) is 11.3 Å². The highest BCUT2D eigenvalue weighted by molar-refractivity contribution is 7.21. The summed E-state index contributed by atoms with van der Waals surface area (Å²) in [4.78, 5) is 23.4. The highest BCUT2D eigenvalue weighted by Crippen LogP contribution is 2.34. The molecule has 0 spiro atoms. The standard InChI is InChI=1S/C15H16ClNO3S/c1-2-9(7-12(18)19)8-17-15(20)14-13(16)10-5-3-4-6-11(10)21-14/h3-6,9H,2,7-8H2,1H3,(H,17,20)(H,18,19). The predicted molar refractivity (Wildman–Crippen MR) is 85.2 cm³/mol. The molecular weight excluding hydrogens is 310 g/mol. The maximum atomic E-state index is 12.2. The van der Waals surface area contributed by atoms with Gasteiger partial charge >= 0.3 is 5.97 Å². The summed E-state index contributed by atoms with van der Waals surface area (Å²) in [5.74, 6) is -1.17. The maximum absolute atomic E-state index is 12.2. The van der Waals surface area contributed by atoms with E-state index in [0.29, 0.717) is 22.9 Å². The molecule has 0 fully saturated rings. The van der Waals surface area contributed by atoms with Gasteiger partial charge < -0.3 is 10.4 Å². The number of thiophene rings is 1. The van der Waals surface area contributed by atoms with E-state index in [1.807, 2.05) is 31.2 Å². The van der Waals surface area contributed by atoms with Gasteiger partial charge in [0.15, 0.2) is 0 Å². The van der Waals surface area contributed by atoms with Gasteiger partial charge in [-0.25, -0.2) is 0 Å². The number of halogens is 1. The van der Waals surface area contributed by atoms with Crippen LogP contribution >= 0.6 is 22.9 Å². The van der Waals surface area contributed by atoms with Crippen LogP contribution in [0.1, 0.15) is 29.4 Å². The molecule has 1 aromatic carbocycles. The van der Waals surface area contributed by atoms with E-state index in [1.54, 1.807) is 0 Å². The van der Waals surface area contributed by atoms with Gasteiger partial charge in [-0.3, -0.25) is 9.59 Å². The summed E-state index contributed by atoms with van der Waals surface area (Å²) in [5, 5.41) is 12.9. The molecule has 2 rings (SSSR count). The SMILES string of the molecule is CCC(CNC(=O)c1sc2ccccc2c1Cl)CC(=O)O. The zero-order valence-electron chi connectivity index (χ0n) is 11.6. The summed E-state index contributed by atoms with van der Waals surface area (Å²) in [6, 6.07) is 7.57. The summed E-state index contributed by atoms with van der Waals surface area (Å²) in [7, 11) is 0. The summed E-state index contributed by atoms with van der Waals surface area (Å²) < 4.78 is 0.963. The number of fused-ring (bicyclic) bond motifs is 1. The molecule has 2 N–H and O–H groups in total. The number of aliphatic carboxylic acids is 1. The molecule has 1 amide bonds. The van der Waals surface area contributed by atoms with Crippen molar-refractivity contribution >= 4 is 44.9 Å². The van der Waals surface area contributed by atoms with Crippen LogP contribution in [0.15, 0.2) is 24.3 Å². The topological polar surface area (TPSA) is 66.4 Å². The van der Waals surface area contributed by atoms with Crippen LogP contribution in [0, 0.1) is 5.92 Å². The van der Waals surface area contributed by atoms with Crippen molar-refractivity contribution in [2.75, 3.05) is 6.54 Å². The number of benzene rings is 1. The smallest absolute Gasteiger partial charge is 0.303 e. The Hall–Kier alpha value is -1.59. The summed E-state index contributed by atoms with van der Waals surface area (Å²) in [6.45, 7) is 2.25. The average molecular weight is 326 g/mol. The van der Waals surface area contributed by atoms with Gasteiger partial charge in [0.2, 0.25) is 0 Å². The Morgan fingerprint density at radius 1 is 1.38 bits per heavy atom. The number of carbonyl (C=O) groups is 2. The monoisotopic (exact) mass is 325 g/mol. The summed E-state index contributed by atoms with van der Waals surface area (Å²) in [5.41, 5.74) is 0. The Labute approximate surface area is 131 Å². The van der Waals surface area contributed by atoms with Crippen LogP contribution in [0.3, 0.4) is 0 Å². The number of rotatable bonds is 6. The predicted octanol–water partition coefficient (Wildman–Crippen LogP) is 3.79. The molecule has 1 heterocycles. The van der Waals surface area contributed by atoms with E-state index in [1.165, 1.54) is 11.3 Å². The highest BCUT2D eigenvalue weighted by Gasteiger charge is 2.18. The molecule has 0 radical (unpaired) electrons. The average Bonchev–Trinajstić information content (AvgIpc) is 2.80. The van der Waals surface area contributed by atoms with Crippen LogP contribution in [-0.2, 0) is 4.79 Å². The molecule has 1 atom stereocenters. The molecule has 21 heavy (non-hydrogen) atoms. The Morgan fingerprint density at radius 3 is 2.71 bits per heavy atom. The van der Waals surface area contributed by atoms with Crippen LogP contribution in [-0.4, -0.2) is 23.5 Å². The second-order valence-corrected chi connectivity index (χ2v) is 6.25. The number of hydrogen-bond acceptors (Lipinski definition) is 3. The minimum atomic E-state index is -0.851. The van der Waals surface area contributed by atoms with Crippen molar-refractivity contribution in [1.29, 1.82) is 0 Å². The molecule has 2 aromatic rings. The molecule has 1 aromatic heterocycles. The Bertz CT molecular complexity index is 668. The normalized spacial score (nSPS) is 12.3. The number of nitrogens with one attached hydrogen (secondary N) is 1. The summed E-state index contributed by atoms with van der Waals surface area (Å²) >= 11 is 7.59. The fraction of sp³-hybridized carbons (Fsp3) is 0.333. The number of carboxylic acid groups (broad SMARTS) is 1. The number of carboxylic acids is 1. The maximum Gasteiger partial charge on any atom is 0.303 e. The van der Waals surface area contributed by atoms with Gasteiger partial charge in [0.1, 0.15) is 4.88 Å². The van der Waals surface area contributed by atoms with Crippen LogP contribution in [0.2, 0.25) is 5.02 Å². The van der Waals surface area contributed by atoms with Crippen molar-refractivity contribution in [1.82, 2.24) is 5.32 Å². The quantitative estimate of drug-likeness (QED) is 0.849. The highest BCUT2D eigenvalue weighted by atomic mass is 35.5. The number of hydrogen-bond donors (Lipinski definition) is 2. The van der Waals surface area contributed by atoms with Gasteiger partial charge in [-0.1, -0.05) is 43.1 Å². The van der Waals surface area contributed by atoms with E-state index < -0.39 is 5.97 Å². The lowest BCUT2D eigenvalue weighted by Gasteiger charge is -2.12. The Kier molecular flexibility index (Phi) is 5.20. The second kappa shape index (κ2) is 6.91. The van der Waals surface area contributed by atoms with Gasteiger partial charge in [0, 0.05) is 23.1 Å². The number of carbonyl (C=O) groups excluding carboxylic acids is 1. The Morgan fingerprint density at radius 2 is 2.10 bits per heavy atom. The van der Waals surface area contributed by atoms with E-state index in [9.17, 15) is 9.59 Å². The Balaban J connectivity index is 2.08. The lowest BCUT2D eigenvalue weighted by Crippen LogP contribution is -2.29. The first kappa shape index (κ1) is 15.8. The van der Waals surface area contributed by atoms with Crippen molar-refractivity contribution in [3.8, 4) is 0 Å². The molecule has 0 aliphatic heterocycles. The van der Waals surface area contributed by atoms with Crippen molar-refractivity contribution in [2.24, 2.45) is 5.92 Å². The summed E-state index contributed by atoms with van der Waals surface area (Å²) in [6.07, 6.45) is 0.754. The van der Waals surface area contributed by atoms with Crippen molar-refractivity contribution < 1.29 is 14.7 Å². The third-order valence-electron chi connectivity index (χ3n) is 3.33. The van der Waals surface area contributed by atoms with Crippen molar-refractivity contribution in [3.63, 3.8) is 0 Å². The van der Waals surface area contributed by atoms with E-state index >= 15 is 0 Å². The van der Waals surface area contributed by atoms with Gasteiger partial charge in [0.05, 0.1) is 5.02 Å². The fourth-order valence-corrected chi connectivity index (χ4v) is 3.52. The van der Waals surface area contributed by atoms with Crippen LogP contribution in [0.5, 0.6) is 0 Å². The van der Waals surface area contributed by atoms with Crippen LogP contribution < -0.4 is 5.32 Å². The first-order valence-electron chi connectivity index (χ1n) is 6.70. The van der Waals surface area contributed by atoms with Crippen LogP contribution in [0.4, 0.5) is 0 Å². The second-order valence-electron chi connectivity index (χ2n) is 4.82. The molecule has 6 heteroatoms. The molecular formula is C15H16ClNO3S. The molecule has 0 saturated carbocycles. The first-order valence-corrected chi connectivity index (χ1v) is 7.89. The lowest BCUT2D eigenvalue weighted by atomic mass is 10.0. The molecule has 4 nitrogen and oxygen atoms in total. The van der Waals surface area contributed by atoms with Crippen LogP contribution in [0.25, 0.3) is 10.1 Å². The minimum Gasteiger partial charge on any atom is -0.481 e. The number of amides is 1. The third kappa shape index (κ3) is 3.74. The van der Waals surface area contributed by atoms with E-state index in [4.69, 9.17) is 16.7 Å². The molecule has 0 bridgehead atoms. The first-order chi connectivity index (χ1) is 10.0. The van der Waals surface area contributed by atoms with Gasteiger partial charge in [0.25, 0.3) is 5.91 Å². The van der Waals surface area contributed by atoms with E-state index in [2.05, 4.69) is 5.32 Å². The van der Waals surface area contributed by atoms with Crippen molar-refractivity contribution in [3.05, 3.63) is 34.2 Å². The largest absolute Gasteiger partial charge is 0.481 e. The third-order valence-corrected chi connectivity index (χ3v) is 5.01. The molecule has 112 valence electrons. The lowest BCUT2D eigenvalue weighted by molar-refractivity contribution is -0.138. The zero-order valence-corrected chi connectivity index (χ0v) is 13.1. The zero-order chi connectivity index (χ0) is 15.4. The van der Waals surface area contributed by atoms with E-state index in [-0.39, 0.29) is 18.2 Å².